The normalized spacial score (nSPS) is 16.3. The molecular weight excluding hydrogens is 386 g/mol. The molecule has 3 rings (SSSR count). The molecule has 1 atom stereocenters. The van der Waals surface area contributed by atoms with Crippen LogP contribution in [0.5, 0.6) is 0 Å². The zero-order valence-corrected chi connectivity index (χ0v) is 16.8. The number of carbonyl (C=O) groups excluding carboxylic acids is 2. The molecule has 1 aliphatic rings. The molecule has 0 bridgehead atoms. The summed E-state index contributed by atoms with van der Waals surface area (Å²) in [4.78, 5) is 26.0. The van der Waals surface area contributed by atoms with Crippen LogP contribution >= 0.6 is 23.7 Å². The zero-order chi connectivity index (χ0) is 18.4. The third-order valence-electron chi connectivity index (χ3n) is 4.07. The van der Waals surface area contributed by atoms with E-state index in [1.54, 1.807) is 6.07 Å². The fourth-order valence-corrected chi connectivity index (χ4v) is 3.65. The zero-order valence-electron chi connectivity index (χ0n) is 15.1. The van der Waals surface area contributed by atoms with Crippen LogP contribution in [0.1, 0.15) is 27.0 Å². The number of benzene rings is 1. The molecule has 1 unspecified atom stereocenters. The molecule has 0 aliphatic carbocycles. The second-order valence-corrected chi connectivity index (χ2v) is 7.09. The number of hydrogen-bond donors (Lipinski definition) is 3. The van der Waals surface area contributed by atoms with Gasteiger partial charge in [-0.15, -0.1) is 23.7 Å². The van der Waals surface area contributed by atoms with Gasteiger partial charge in [-0.2, -0.15) is 0 Å². The van der Waals surface area contributed by atoms with E-state index in [0.29, 0.717) is 30.1 Å². The second kappa shape index (κ2) is 10.4. The van der Waals surface area contributed by atoms with Crippen LogP contribution in [0, 0.1) is 0 Å². The lowest BCUT2D eigenvalue weighted by Crippen LogP contribution is -2.45. The molecule has 2 aromatic rings. The topological polar surface area (TPSA) is 79.5 Å². The molecular formula is C19H24ClN3O3S. The number of nitrogens with one attached hydrogen (secondary N) is 3. The van der Waals surface area contributed by atoms with E-state index in [0.717, 1.165) is 23.5 Å². The first-order chi connectivity index (χ1) is 12.7. The Bertz CT molecular complexity index is 775. The molecule has 0 radical (unpaired) electrons. The smallest absolute Gasteiger partial charge is 0.261 e. The summed E-state index contributed by atoms with van der Waals surface area (Å²) in [7, 11) is 0. The van der Waals surface area contributed by atoms with Crippen LogP contribution in [0.2, 0.25) is 0 Å². The van der Waals surface area contributed by atoms with Crippen LogP contribution in [0.15, 0.2) is 36.4 Å². The molecule has 2 amide bonds. The van der Waals surface area contributed by atoms with Crippen LogP contribution < -0.4 is 16.0 Å². The van der Waals surface area contributed by atoms with Crippen LogP contribution in [0.3, 0.4) is 0 Å². The highest BCUT2D eigenvalue weighted by Gasteiger charge is 2.16. The van der Waals surface area contributed by atoms with Crippen molar-refractivity contribution in [3.05, 3.63) is 46.8 Å². The molecule has 1 aliphatic heterocycles. The van der Waals surface area contributed by atoms with Gasteiger partial charge in [0.25, 0.3) is 11.8 Å². The molecule has 1 aromatic heterocycles. The molecule has 3 N–H and O–H groups in total. The minimum Gasteiger partial charge on any atom is -0.374 e. The van der Waals surface area contributed by atoms with Gasteiger partial charge in [-0.05, 0) is 36.8 Å². The highest BCUT2D eigenvalue weighted by atomic mass is 35.5. The first-order valence-electron chi connectivity index (χ1n) is 8.76. The van der Waals surface area contributed by atoms with Gasteiger partial charge in [0, 0.05) is 36.6 Å². The van der Waals surface area contributed by atoms with Gasteiger partial charge in [-0.25, -0.2) is 0 Å². The number of morpholine rings is 1. The molecule has 1 fully saturated rings. The van der Waals surface area contributed by atoms with Gasteiger partial charge in [-0.1, -0.05) is 12.1 Å². The van der Waals surface area contributed by atoms with Crippen LogP contribution in [-0.2, 0) is 4.74 Å². The van der Waals surface area contributed by atoms with Crippen molar-refractivity contribution in [2.24, 2.45) is 0 Å². The molecule has 0 saturated carbocycles. The number of amides is 2. The third-order valence-corrected chi connectivity index (χ3v) is 5.20. The van der Waals surface area contributed by atoms with Gasteiger partial charge >= 0.3 is 0 Å². The average Bonchev–Trinajstić information content (AvgIpc) is 3.18. The van der Waals surface area contributed by atoms with Crippen LogP contribution in [-0.4, -0.2) is 50.7 Å². The summed E-state index contributed by atoms with van der Waals surface area (Å²) in [5.41, 5.74) is 1.52. The summed E-state index contributed by atoms with van der Waals surface area (Å²) in [5.74, 6) is -0.194. The first kappa shape index (κ1) is 21.4. The summed E-state index contributed by atoms with van der Waals surface area (Å²) >= 11 is 1.42. The fraction of sp³-hybridized carbons (Fsp3) is 0.368. The average molecular weight is 410 g/mol. The Morgan fingerprint density at radius 1 is 1.22 bits per heavy atom. The molecule has 1 aromatic carbocycles. The number of ether oxygens (including phenoxy) is 1. The summed E-state index contributed by atoms with van der Waals surface area (Å²) in [6.45, 7) is 5.24. The lowest BCUT2D eigenvalue weighted by atomic mass is 10.1. The molecule has 2 heterocycles. The Kier molecular flexibility index (Phi) is 8.24. The van der Waals surface area contributed by atoms with Crippen molar-refractivity contribution in [1.82, 2.24) is 16.0 Å². The predicted octanol–water partition coefficient (Wildman–Crippen LogP) is 2.30. The molecule has 146 valence electrons. The maximum atomic E-state index is 12.4. The SMILES string of the molecule is CCNC(=O)c1ccc(-c2cccc(C(=O)NCC3CNCCO3)c2)s1.Cl. The van der Waals surface area contributed by atoms with Crippen molar-refractivity contribution in [2.75, 3.05) is 32.8 Å². The maximum absolute atomic E-state index is 12.4. The molecule has 27 heavy (non-hydrogen) atoms. The third kappa shape index (κ3) is 5.77. The van der Waals surface area contributed by atoms with E-state index in [4.69, 9.17) is 4.74 Å². The number of hydrogen-bond acceptors (Lipinski definition) is 5. The van der Waals surface area contributed by atoms with Crippen molar-refractivity contribution < 1.29 is 14.3 Å². The summed E-state index contributed by atoms with van der Waals surface area (Å²) in [5, 5.41) is 8.96. The molecule has 6 nitrogen and oxygen atoms in total. The Labute approximate surface area is 169 Å². The van der Waals surface area contributed by atoms with E-state index in [9.17, 15) is 9.59 Å². The summed E-state index contributed by atoms with van der Waals surface area (Å²) in [6.07, 6.45) is 0.00724. The monoisotopic (exact) mass is 409 g/mol. The molecule has 0 spiro atoms. The van der Waals surface area contributed by atoms with Gasteiger partial charge in [0.2, 0.25) is 0 Å². The Morgan fingerprint density at radius 2 is 2.07 bits per heavy atom. The van der Waals surface area contributed by atoms with E-state index in [1.807, 2.05) is 37.3 Å². The van der Waals surface area contributed by atoms with Crippen molar-refractivity contribution in [3.63, 3.8) is 0 Å². The highest BCUT2D eigenvalue weighted by Crippen LogP contribution is 2.28. The lowest BCUT2D eigenvalue weighted by molar-refractivity contribution is 0.0287. The van der Waals surface area contributed by atoms with E-state index in [2.05, 4.69) is 16.0 Å². The van der Waals surface area contributed by atoms with Crippen molar-refractivity contribution in [2.45, 2.75) is 13.0 Å². The Hall–Kier alpha value is -1.93. The number of carbonyl (C=O) groups is 2. The standard InChI is InChI=1S/C19H23N3O3S.ClH/c1-2-21-19(24)17-7-6-16(26-17)13-4-3-5-14(10-13)18(23)22-12-15-11-20-8-9-25-15;/h3-7,10,15,20H,2,8-9,11-12H2,1H3,(H,21,24)(H,22,23);1H. The van der Waals surface area contributed by atoms with Gasteiger partial charge in [-0.3, -0.25) is 9.59 Å². The van der Waals surface area contributed by atoms with E-state index < -0.39 is 0 Å². The first-order valence-corrected chi connectivity index (χ1v) is 9.58. The summed E-state index contributed by atoms with van der Waals surface area (Å²) in [6, 6.07) is 11.2. The van der Waals surface area contributed by atoms with E-state index in [-0.39, 0.29) is 30.3 Å². The van der Waals surface area contributed by atoms with Gasteiger partial charge in [0.15, 0.2) is 0 Å². The highest BCUT2D eigenvalue weighted by molar-refractivity contribution is 7.17. The fourth-order valence-electron chi connectivity index (χ4n) is 2.74. The minimum absolute atomic E-state index is 0. The minimum atomic E-state index is -0.124. The van der Waals surface area contributed by atoms with Gasteiger partial charge in [0.1, 0.15) is 0 Å². The van der Waals surface area contributed by atoms with Crippen molar-refractivity contribution >= 4 is 35.6 Å². The predicted molar refractivity (Wildman–Crippen MR) is 110 cm³/mol. The van der Waals surface area contributed by atoms with Gasteiger partial charge < -0.3 is 20.7 Å². The molecule has 1 saturated heterocycles. The van der Waals surface area contributed by atoms with Gasteiger partial charge in [0.05, 0.1) is 17.6 Å². The Morgan fingerprint density at radius 3 is 2.81 bits per heavy atom. The molecule has 8 heteroatoms. The maximum Gasteiger partial charge on any atom is 0.261 e. The van der Waals surface area contributed by atoms with Crippen molar-refractivity contribution in [3.8, 4) is 10.4 Å². The number of rotatable bonds is 6. The number of thiophene rings is 1. The summed E-state index contributed by atoms with van der Waals surface area (Å²) < 4.78 is 5.59. The Balaban J connectivity index is 0.00000261. The number of halogens is 1. The quantitative estimate of drug-likeness (QED) is 0.684. The van der Waals surface area contributed by atoms with Crippen molar-refractivity contribution in [1.29, 1.82) is 0 Å². The second-order valence-electron chi connectivity index (χ2n) is 6.01. The van der Waals surface area contributed by atoms with Crippen LogP contribution in [0.4, 0.5) is 0 Å². The van der Waals surface area contributed by atoms with E-state index in [1.165, 1.54) is 11.3 Å². The van der Waals surface area contributed by atoms with E-state index >= 15 is 0 Å². The van der Waals surface area contributed by atoms with Crippen LogP contribution in [0.25, 0.3) is 10.4 Å². The lowest BCUT2D eigenvalue weighted by Gasteiger charge is -2.23. The largest absolute Gasteiger partial charge is 0.374 e.